The van der Waals surface area contributed by atoms with Crippen LogP contribution >= 0.6 is 0 Å². The average molecular weight is 245 g/mol. The lowest BCUT2D eigenvalue weighted by Gasteiger charge is -2.43. The summed E-state index contributed by atoms with van der Waals surface area (Å²) in [5.74, 6) is 1.03. The number of nitrogens with one attached hydrogen (secondary N) is 1. The zero-order valence-corrected chi connectivity index (χ0v) is 11.5. The monoisotopic (exact) mass is 245 g/mol. The molecular weight excluding hydrogens is 222 g/mol. The van der Waals surface area contributed by atoms with Crippen LogP contribution in [-0.2, 0) is 5.41 Å². The predicted molar refractivity (Wildman–Crippen MR) is 74.3 cm³/mol. The minimum absolute atomic E-state index is 0.379. The summed E-state index contributed by atoms with van der Waals surface area (Å²) in [4.78, 5) is 0. The molecule has 0 spiro atoms. The van der Waals surface area contributed by atoms with Crippen molar-refractivity contribution < 1.29 is 4.74 Å². The van der Waals surface area contributed by atoms with Gasteiger partial charge in [0, 0.05) is 18.0 Å². The topological polar surface area (TPSA) is 21.3 Å². The van der Waals surface area contributed by atoms with E-state index in [9.17, 15) is 0 Å². The van der Waals surface area contributed by atoms with Crippen molar-refractivity contribution in [2.75, 3.05) is 13.7 Å². The highest BCUT2D eigenvalue weighted by Gasteiger charge is 2.39. The maximum Gasteiger partial charge on any atom is 0.122 e. The van der Waals surface area contributed by atoms with Crippen LogP contribution in [0.15, 0.2) is 18.2 Å². The quantitative estimate of drug-likeness (QED) is 0.860. The zero-order valence-electron chi connectivity index (χ0n) is 11.5. The lowest BCUT2D eigenvalue weighted by molar-refractivity contribution is 0.232. The molecule has 98 valence electrons. The van der Waals surface area contributed by atoms with Gasteiger partial charge in [-0.25, -0.2) is 0 Å². The first kappa shape index (κ1) is 12.0. The number of rotatable bonds is 5. The van der Waals surface area contributed by atoms with Crippen molar-refractivity contribution in [2.24, 2.45) is 0 Å². The van der Waals surface area contributed by atoms with Crippen molar-refractivity contribution in [3.05, 3.63) is 29.3 Å². The molecule has 0 atom stereocenters. The number of benzene rings is 1. The SMILES string of the molecule is COc1cc(C2(CNC3CC3)CCC2)ccc1C. The number of methoxy groups -OCH3 is 1. The largest absolute Gasteiger partial charge is 0.496 e. The highest BCUT2D eigenvalue weighted by Crippen LogP contribution is 2.44. The molecule has 1 N–H and O–H groups in total. The van der Waals surface area contributed by atoms with Crippen LogP contribution in [0.2, 0.25) is 0 Å². The summed E-state index contributed by atoms with van der Waals surface area (Å²) in [6.45, 7) is 3.25. The Hall–Kier alpha value is -1.02. The molecule has 0 radical (unpaired) electrons. The standard InChI is InChI=1S/C16H23NO/c1-12-4-5-13(10-15(12)18-2)16(8-3-9-16)11-17-14-6-7-14/h4-5,10,14,17H,3,6-9,11H2,1-2H3. The molecule has 2 heteroatoms. The van der Waals surface area contributed by atoms with E-state index in [2.05, 4.69) is 30.4 Å². The van der Waals surface area contributed by atoms with Crippen molar-refractivity contribution in [2.45, 2.75) is 50.5 Å². The van der Waals surface area contributed by atoms with Gasteiger partial charge in [0.2, 0.25) is 0 Å². The van der Waals surface area contributed by atoms with Crippen LogP contribution in [0.25, 0.3) is 0 Å². The van der Waals surface area contributed by atoms with Gasteiger partial charge in [-0.15, -0.1) is 0 Å². The molecule has 0 saturated heterocycles. The summed E-state index contributed by atoms with van der Waals surface area (Å²) in [6.07, 6.45) is 6.74. The number of hydrogen-bond acceptors (Lipinski definition) is 2. The Kier molecular flexibility index (Phi) is 3.06. The normalized spacial score (nSPS) is 21.4. The fourth-order valence-electron chi connectivity index (χ4n) is 2.95. The van der Waals surface area contributed by atoms with Gasteiger partial charge >= 0.3 is 0 Å². The summed E-state index contributed by atoms with van der Waals surface area (Å²) >= 11 is 0. The summed E-state index contributed by atoms with van der Waals surface area (Å²) < 4.78 is 5.47. The van der Waals surface area contributed by atoms with E-state index in [-0.39, 0.29) is 0 Å². The molecule has 2 fully saturated rings. The molecule has 0 aromatic heterocycles. The zero-order chi connectivity index (χ0) is 12.6. The molecule has 1 aromatic carbocycles. The Morgan fingerprint density at radius 2 is 2.11 bits per heavy atom. The number of ether oxygens (including phenoxy) is 1. The van der Waals surface area contributed by atoms with Crippen LogP contribution in [0.5, 0.6) is 5.75 Å². The van der Waals surface area contributed by atoms with E-state index >= 15 is 0 Å². The molecule has 0 unspecified atom stereocenters. The molecule has 0 amide bonds. The third-order valence-electron chi connectivity index (χ3n) is 4.64. The Morgan fingerprint density at radius 1 is 1.33 bits per heavy atom. The van der Waals surface area contributed by atoms with Gasteiger partial charge in [0.25, 0.3) is 0 Å². The molecule has 0 aliphatic heterocycles. The maximum atomic E-state index is 5.47. The van der Waals surface area contributed by atoms with Gasteiger partial charge in [0.05, 0.1) is 7.11 Å². The van der Waals surface area contributed by atoms with E-state index in [1.165, 1.54) is 43.2 Å². The Bertz CT molecular complexity index is 433. The van der Waals surface area contributed by atoms with Gasteiger partial charge in [0.15, 0.2) is 0 Å². The highest BCUT2D eigenvalue weighted by molar-refractivity contribution is 5.41. The second-order valence-electron chi connectivity index (χ2n) is 5.97. The van der Waals surface area contributed by atoms with Crippen LogP contribution < -0.4 is 10.1 Å². The van der Waals surface area contributed by atoms with E-state index in [1.807, 2.05) is 0 Å². The van der Waals surface area contributed by atoms with Gasteiger partial charge in [-0.2, -0.15) is 0 Å². The summed E-state index contributed by atoms with van der Waals surface area (Å²) in [5, 5.41) is 3.71. The van der Waals surface area contributed by atoms with Crippen molar-refractivity contribution in [3.8, 4) is 5.75 Å². The predicted octanol–water partition coefficient (Wildman–Crippen LogP) is 3.18. The van der Waals surface area contributed by atoms with Crippen LogP contribution in [0.3, 0.4) is 0 Å². The molecule has 2 nitrogen and oxygen atoms in total. The third-order valence-corrected chi connectivity index (χ3v) is 4.64. The molecule has 0 bridgehead atoms. The van der Waals surface area contributed by atoms with E-state index in [0.29, 0.717) is 5.41 Å². The summed E-state index contributed by atoms with van der Waals surface area (Å²) in [7, 11) is 1.77. The first-order valence-corrected chi connectivity index (χ1v) is 7.12. The number of aryl methyl sites for hydroxylation is 1. The van der Waals surface area contributed by atoms with Crippen molar-refractivity contribution in [1.82, 2.24) is 5.32 Å². The lowest BCUT2D eigenvalue weighted by atomic mass is 9.64. The van der Waals surface area contributed by atoms with Crippen LogP contribution in [0.1, 0.15) is 43.2 Å². The van der Waals surface area contributed by atoms with E-state index in [0.717, 1.165) is 18.3 Å². The number of hydrogen-bond donors (Lipinski definition) is 1. The second kappa shape index (κ2) is 4.58. The fourth-order valence-corrected chi connectivity index (χ4v) is 2.95. The average Bonchev–Trinajstić information content (AvgIpc) is 3.13. The minimum Gasteiger partial charge on any atom is -0.496 e. The molecular formula is C16H23NO. The Labute approximate surface area is 110 Å². The molecule has 2 saturated carbocycles. The molecule has 2 aliphatic rings. The van der Waals surface area contributed by atoms with Crippen molar-refractivity contribution in [3.63, 3.8) is 0 Å². The van der Waals surface area contributed by atoms with E-state index < -0.39 is 0 Å². The van der Waals surface area contributed by atoms with Gasteiger partial charge in [-0.1, -0.05) is 18.6 Å². The van der Waals surface area contributed by atoms with Gasteiger partial charge < -0.3 is 10.1 Å². The summed E-state index contributed by atoms with van der Waals surface area (Å²) in [5.41, 5.74) is 3.07. The molecule has 1 aromatic rings. The molecule has 0 heterocycles. The van der Waals surface area contributed by atoms with Crippen molar-refractivity contribution >= 4 is 0 Å². The van der Waals surface area contributed by atoms with Gasteiger partial charge in [-0.05, 0) is 49.8 Å². The maximum absolute atomic E-state index is 5.47. The van der Waals surface area contributed by atoms with Crippen molar-refractivity contribution in [1.29, 1.82) is 0 Å². The lowest BCUT2D eigenvalue weighted by Crippen LogP contribution is -2.44. The summed E-state index contributed by atoms with van der Waals surface area (Å²) in [6, 6.07) is 7.55. The van der Waals surface area contributed by atoms with Gasteiger partial charge in [0.1, 0.15) is 5.75 Å². The highest BCUT2D eigenvalue weighted by atomic mass is 16.5. The molecule has 2 aliphatic carbocycles. The second-order valence-corrected chi connectivity index (χ2v) is 5.97. The minimum atomic E-state index is 0.379. The first-order valence-electron chi connectivity index (χ1n) is 7.12. The van der Waals surface area contributed by atoms with Crippen LogP contribution in [-0.4, -0.2) is 19.7 Å². The molecule has 3 rings (SSSR count). The first-order chi connectivity index (χ1) is 8.73. The van der Waals surface area contributed by atoms with E-state index in [4.69, 9.17) is 4.74 Å². The van der Waals surface area contributed by atoms with Gasteiger partial charge in [-0.3, -0.25) is 0 Å². The fraction of sp³-hybridized carbons (Fsp3) is 0.625. The van der Waals surface area contributed by atoms with Crippen LogP contribution in [0, 0.1) is 6.92 Å². The van der Waals surface area contributed by atoms with Crippen LogP contribution in [0.4, 0.5) is 0 Å². The van der Waals surface area contributed by atoms with E-state index in [1.54, 1.807) is 7.11 Å². The smallest absolute Gasteiger partial charge is 0.122 e. The Morgan fingerprint density at radius 3 is 2.67 bits per heavy atom. The third kappa shape index (κ3) is 2.14. The molecule has 18 heavy (non-hydrogen) atoms. The Balaban J connectivity index is 1.81.